The lowest BCUT2D eigenvalue weighted by Gasteiger charge is -2.49. The second-order valence-electron chi connectivity index (χ2n) is 6.97. The van der Waals surface area contributed by atoms with Crippen molar-refractivity contribution in [2.75, 3.05) is 25.0 Å². The highest BCUT2D eigenvalue weighted by Gasteiger charge is 2.37. The largest absolute Gasteiger partial charge is 0.366 e. The van der Waals surface area contributed by atoms with Crippen LogP contribution in [0.1, 0.15) is 42.1 Å². The first kappa shape index (κ1) is 16.8. The Labute approximate surface area is 143 Å². The number of carbonyl (C=O) groups excluding carboxylic acids is 2. The van der Waals surface area contributed by atoms with Gasteiger partial charge in [-0.25, -0.2) is 4.79 Å². The van der Waals surface area contributed by atoms with Gasteiger partial charge < -0.3 is 16.0 Å². The van der Waals surface area contributed by atoms with Gasteiger partial charge in [-0.3, -0.25) is 9.69 Å². The van der Waals surface area contributed by atoms with E-state index in [0.717, 1.165) is 30.9 Å². The fourth-order valence-electron chi connectivity index (χ4n) is 3.65. The summed E-state index contributed by atoms with van der Waals surface area (Å²) in [5.74, 6) is -0.461. The summed E-state index contributed by atoms with van der Waals surface area (Å²) in [4.78, 5) is 27.9. The van der Waals surface area contributed by atoms with Crippen LogP contribution >= 0.6 is 0 Å². The number of piperidine rings is 1. The summed E-state index contributed by atoms with van der Waals surface area (Å²) in [6, 6.07) is 6.11. The van der Waals surface area contributed by atoms with E-state index in [1.165, 1.54) is 19.3 Å². The van der Waals surface area contributed by atoms with Gasteiger partial charge >= 0.3 is 6.03 Å². The molecular formula is C18H26N4O2. The summed E-state index contributed by atoms with van der Waals surface area (Å²) in [7, 11) is 0. The van der Waals surface area contributed by atoms with E-state index in [1.807, 2.05) is 11.8 Å². The van der Waals surface area contributed by atoms with E-state index in [4.69, 9.17) is 5.73 Å². The highest BCUT2D eigenvalue weighted by Crippen LogP contribution is 2.25. The van der Waals surface area contributed by atoms with Crippen LogP contribution in [0, 0.1) is 6.92 Å². The minimum absolute atomic E-state index is 0.0779. The van der Waals surface area contributed by atoms with Gasteiger partial charge in [0.05, 0.1) is 0 Å². The van der Waals surface area contributed by atoms with Crippen LogP contribution in [0.15, 0.2) is 18.2 Å². The fraction of sp³-hybridized carbons (Fsp3) is 0.556. The summed E-state index contributed by atoms with van der Waals surface area (Å²) in [5, 5.41) is 2.93. The van der Waals surface area contributed by atoms with E-state index >= 15 is 0 Å². The molecule has 0 radical (unpaired) electrons. The van der Waals surface area contributed by atoms with Crippen LogP contribution in [0.3, 0.4) is 0 Å². The predicted octanol–water partition coefficient (Wildman–Crippen LogP) is 2.18. The molecule has 2 aliphatic rings. The number of primary amides is 1. The van der Waals surface area contributed by atoms with Crippen LogP contribution in [0.4, 0.5) is 10.5 Å². The number of nitrogens with two attached hydrogens (primary N) is 1. The molecule has 0 bridgehead atoms. The summed E-state index contributed by atoms with van der Waals surface area (Å²) >= 11 is 0. The Kier molecular flexibility index (Phi) is 4.76. The molecule has 1 aromatic carbocycles. The number of hydrogen-bond acceptors (Lipinski definition) is 3. The minimum atomic E-state index is -0.461. The Hall–Kier alpha value is -2.08. The van der Waals surface area contributed by atoms with Crippen LogP contribution in [0.2, 0.25) is 0 Å². The Balaban J connectivity index is 1.54. The maximum atomic E-state index is 12.4. The third kappa shape index (κ3) is 3.38. The van der Waals surface area contributed by atoms with Crippen molar-refractivity contribution < 1.29 is 9.59 Å². The van der Waals surface area contributed by atoms with Crippen molar-refractivity contribution in [2.24, 2.45) is 5.73 Å². The molecule has 3 amide bonds. The Morgan fingerprint density at radius 3 is 2.62 bits per heavy atom. The Bertz CT molecular complexity index is 640. The van der Waals surface area contributed by atoms with E-state index in [1.54, 1.807) is 18.2 Å². The van der Waals surface area contributed by atoms with Crippen molar-refractivity contribution >= 4 is 17.6 Å². The lowest BCUT2D eigenvalue weighted by atomic mass is 9.98. The molecule has 3 rings (SSSR count). The molecule has 3 N–H and O–H groups in total. The van der Waals surface area contributed by atoms with Crippen molar-refractivity contribution in [1.82, 2.24) is 9.80 Å². The van der Waals surface area contributed by atoms with E-state index in [9.17, 15) is 9.59 Å². The van der Waals surface area contributed by atoms with Crippen LogP contribution < -0.4 is 11.1 Å². The molecule has 2 aliphatic heterocycles. The van der Waals surface area contributed by atoms with Gasteiger partial charge in [-0.05, 0) is 57.0 Å². The van der Waals surface area contributed by atoms with Gasteiger partial charge in [-0.1, -0.05) is 6.42 Å². The molecule has 2 heterocycles. The standard InChI is InChI=1S/C18H26N4O2/c1-12-9-14(17(19)23)6-7-16(12)20-18(24)21-10-15(11-21)22-8-4-3-5-13(22)2/h6-7,9,13,15H,3-5,8,10-11H2,1-2H3,(H2,19,23)(H,20,24)/t13-/m0/s1. The van der Waals surface area contributed by atoms with Crippen molar-refractivity contribution in [3.05, 3.63) is 29.3 Å². The normalized spacial score (nSPS) is 22.1. The highest BCUT2D eigenvalue weighted by atomic mass is 16.2. The van der Waals surface area contributed by atoms with E-state index in [2.05, 4.69) is 17.1 Å². The molecule has 2 saturated heterocycles. The van der Waals surface area contributed by atoms with Gasteiger partial charge in [0.1, 0.15) is 0 Å². The SMILES string of the molecule is Cc1cc(C(N)=O)ccc1NC(=O)N1CC(N2CCCC[C@@H]2C)C1. The number of carbonyl (C=O) groups is 2. The number of benzene rings is 1. The van der Waals surface area contributed by atoms with Crippen LogP contribution in [-0.2, 0) is 0 Å². The molecule has 0 aromatic heterocycles. The van der Waals surface area contributed by atoms with Gasteiger partial charge in [0.2, 0.25) is 5.91 Å². The second-order valence-corrected chi connectivity index (χ2v) is 6.97. The zero-order chi connectivity index (χ0) is 17.3. The molecule has 0 spiro atoms. The van der Waals surface area contributed by atoms with Crippen LogP contribution in [0.5, 0.6) is 0 Å². The number of rotatable bonds is 3. The topological polar surface area (TPSA) is 78.7 Å². The molecular weight excluding hydrogens is 304 g/mol. The first-order chi connectivity index (χ1) is 11.5. The summed E-state index contributed by atoms with van der Waals surface area (Å²) in [5.41, 5.74) is 7.28. The van der Waals surface area contributed by atoms with Crippen LogP contribution in [-0.4, -0.2) is 53.5 Å². The average Bonchev–Trinajstić information content (AvgIpc) is 2.49. The lowest BCUT2D eigenvalue weighted by Crippen LogP contribution is -2.64. The summed E-state index contributed by atoms with van der Waals surface area (Å²) in [6.45, 7) is 6.86. The molecule has 2 fully saturated rings. The van der Waals surface area contributed by atoms with E-state index in [0.29, 0.717) is 17.6 Å². The maximum absolute atomic E-state index is 12.4. The van der Waals surface area contributed by atoms with Gasteiger partial charge in [0, 0.05) is 36.4 Å². The van der Waals surface area contributed by atoms with Crippen LogP contribution in [0.25, 0.3) is 0 Å². The lowest BCUT2D eigenvalue weighted by molar-refractivity contribution is 0.0199. The first-order valence-corrected chi connectivity index (χ1v) is 8.68. The molecule has 1 atom stereocenters. The zero-order valence-electron chi connectivity index (χ0n) is 14.4. The molecule has 0 aliphatic carbocycles. The number of amides is 3. The molecule has 24 heavy (non-hydrogen) atoms. The van der Waals surface area contributed by atoms with Crippen molar-refractivity contribution in [3.63, 3.8) is 0 Å². The molecule has 0 unspecified atom stereocenters. The predicted molar refractivity (Wildman–Crippen MR) is 94.1 cm³/mol. The Morgan fingerprint density at radius 2 is 2.00 bits per heavy atom. The molecule has 1 aromatic rings. The van der Waals surface area contributed by atoms with Gasteiger partial charge in [-0.15, -0.1) is 0 Å². The first-order valence-electron chi connectivity index (χ1n) is 8.68. The quantitative estimate of drug-likeness (QED) is 0.891. The number of urea groups is 1. The average molecular weight is 330 g/mol. The van der Waals surface area contributed by atoms with Gasteiger partial charge in [0.25, 0.3) is 0 Å². The second kappa shape index (κ2) is 6.81. The summed E-state index contributed by atoms with van der Waals surface area (Å²) < 4.78 is 0. The van der Waals surface area contributed by atoms with Crippen molar-refractivity contribution in [1.29, 1.82) is 0 Å². The van der Waals surface area contributed by atoms with Crippen molar-refractivity contribution in [3.8, 4) is 0 Å². The third-order valence-electron chi connectivity index (χ3n) is 5.23. The Morgan fingerprint density at radius 1 is 1.25 bits per heavy atom. The fourth-order valence-corrected chi connectivity index (χ4v) is 3.65. The van der Waals surface area contributed by atoms with E-state index < -0.39 is 5.91 Å². The monoisotopic (exact) mass is 330 g/mol. The summed E-state index contributed by atoms with van der Waals surface area (Å²) in [6.07, 6.45) is 3.84. The molecule has 0 saturated carbocycles. The number of nitrogens with one attached hydrogen (secondary N) is 1. The number of aryl methyl sites for hydroxylation is 1. The smallest absolute Gasteiger partial charge is 0.321 e. The minimum Gasteiger partial charge on any atom is -0.366 e. The third-order valence-corrected chi connectivity index (χ3v) is 5.23. The number of nitrogens with zero attached hydrogens (tertiary/aromatic N) is 2. The zero-order valence-corrected chi connectivity index (χ0v) is 14.4. The van der Waals surface area contributed by atoms with E-state index in [-0.39, 0.29) is 6.03 Å². The number of anilines is 1. The van der Waals surface area contributed by atoms with Crippen molar-refractivity contribution in [2.45, 2.75) is 45.2 Å². The molecule has 6 nitrogen and oxygen atoms in total. The molecule has 6 heteroatoms. The van der Waals surface area contributed by atoms with Gasteiger partial charge in [0.15, 0.2) is 0 Å². The number of hydrogen-bond donors (Lipinski definition) is 2. The number of likely N-dealkylation sites (tertiary alicyclic amines) is 2. The molecule has 130 valence electrons. The highest BCUT2D eigenvalue weighted by molar-refractivity contribution is 5.95. The van der Waals surface area contributed by atoms with Gasteiger partial charge in [-0.2, -0.15) is 0 Å². The maximum Gasteiger partial charge on any atom is 0.321 e.